The first-order valence-corrected chi connectivity index (χ1v) is 7.05. The highest BCUT2D eigenvalue weighted by molar-refractivity contribution is 6.00. The third-order valence-electron chi connectivity index (χ3n) is 3.54. The van der Waals surface area contributed by atoms with Crippen LogP contribution in [-0.2, 0) is 13.1 Å². The Kier molecular flexibility index (Phi) is 4.04. The van der Waals surface area contributed by atoms with Crippen molar-refractivity contribution in [2.24, 2.45) is 0 Å². The maximum absolute atomic E-state index is 12.4. The monoisotopic (exact) mass is 306 g/mol. The largest absolute Gasteiger partial charge is 0.365 e. The molecular weight excluding hydrogens is 290 g/mol. The molecule has 0 bridgehead atoms. The first kappa shape index (κ1) is 14.5. The second-order valence-electron chi connectivity index (χ2n) is 5.16. The Bertz CT molecular complexity index is 671. The summed E-state index contributed by atoms with van der Waals surface area (Å²) in [4.78, 5) is 14.0. The molecule has 1 aromatic heterocycles. The predicted octanol–water partition coefficient (Wildman–Crippen LogP) is 1.90. The van der Waals surface area contributed by atoms with Crippen molar-refractivity contribution in [1.29, 1.82) is 0 Å². The van der Waals surface area contributed by atoms with Gasteiger partial charge in [0.2, 0.25) is 0 Å². The Balaban J connectivity index is 1.81. The Hall–Kier alpha value is -2.44. The van der Waals surface area contributed by atoms with Gasteiger partial charge in [0.1, 0.15) is 6.54 Å². The van der Waals surface area contributed by atoms with Gasteiger partial charge in [-0.05, 0) is 12.1 Å². The zero-order chi connectivity index (χ0) is 15.5. The molecule has 1 N–H and O–H groups in total. The van der Waals surface area contributed by atoms with Crippen LogP contribution in [0.1, 0.15) is 15.9 Å². The number of nitrogens with zero attached hydrogens (tertiary/aromatic N) is 3. The minimum atomic E-state index is -2.42. The number of rotatable bonds is 4. The van der Waals surface area contributed by atoms with Crippen molar-refractivity contribution in [3.05, 3.63) is 47.8 Å². The summed E-state index contributed by atoms with van der Waals surface area (Å²) in [6.45, 7) is 1.31. The molecule has 116 valence electrons. The molecule has 0 saturated carbocycles. The van der Waals surface area contributed by atoms with Crippen LogP contribution in [0.15, 0.2) is 36.7 Å². The lowest BCUT2D eigenvalue weighted by Crippen LogP contribution is -2.29. The standard InChI is InChI=1S/C15H16F2N4O/c16-14(17)10-21-9-11(7-19-21)8-20-6-5-18-15(22)12-3-1-2-4-13(12)20/h1-4,7,9,14H,5-6,8,10H2,(H,18,22). The summed E-state index contributed by atoms with van der Waals surface area (Å²) in [5, 5.41) is 6.79. The molecule has 2 aromatic rings. The van der Waals surface area contributed by atoms with Crippen LogP contribution < -0.4 is 10.2 Å². The van der Waals surface area contributed by atoms with E-state index in [1.807, 2.05) is 18.2 Å². The zero-order valence-electron chi connectivity index (χ0n) is 11.9. The molecular formula is C15H16F2N4O. The number of amides is 1. The SMILES string of the molecule is O=C1NCCN(Cc2cnn(CC(F)F)c2)c2ccccc21. The minimum Gasteiger partial charge on any atom is -0.365 e. The van der Waals surface area contributed by atoms with E-state index in [1.54, 1.807) is 18.5 Å². The fourth-order valence-electron chi connectivity index (χ4n) is 2.58. The summed E-state index contributed by atoms with van der Waals surface area (Å²) >= 11 is 0. The highest BCUT2D eigenvalue weighted by Crippen LogP contribution is 2.23. The van der Waals surface area contributed by atoms with Crippen LogP contribution in [0.25, 0.3) is 0 Å². The van der Waals surface area contributed by atoms with Crippen LogP contribution in [0.2, 0.25) is 0 Å². The molecule has 0 spiro atoms. The van der Waals surface area contributed by atoms with E-state index in [-0.39, 0.29) is 5.91 Å². The molecule has 1 aliphatic heterocycles. The minimum absolute atomic E-state index is 0.0912. The molecule has 2 heterocycles. The number of benzene rings is 1. The molecule has 22 heavy (non-hydrogen) atoms. The number of hydrogen-bond acceptors (Lipinski definition) is 3. The van der Waals surface area contributed by atoms with Gasteiger partial charge in [-0.2, -0.15) is 5.10 Å². The molecule has 0 unspecified atom stereocenters. The van der Waals surface area contributed by atoms with Gasteiger partial charge in [0.05, 0.1) is 11.8 Å². The van der Waals surface area contributed by atoms with Gasteiger partial charge in [-0.15, -0.1) is 0 Å². The van der Waals surface area contributed by atoms with Gasteiger partial charge in [0.25, 0.3) is 12.3 Å². The van der Waals surface area contributed by atoms with E-state index in [0.717, 1.165) is 11.3 Å². The first-order chi connectivity index (χ1) is 10.6. The van der Waals surface area contributed by atoms with Gasteiger partial charge in [0, 0.05) is 37.1 Å². The summed E-state index contributed by atoms with van der Waals surface area (Å²) in [5.74, 6) is -0.0912. The van der Waals surface area contributed by atoms with Crippen LogP contribution in [-0.4, -0.2) is 35.2 Å². The molecule has 0 radical (unpaired) electrons. The van der Waals surface area contributed by atoms with Crippen molar-refractivity contribution in [2.75, 3.05) is 18.0 Å². The Labute approximate surface area is 126 Å². The number of alkyl halides is 2. The average molecular weight is 306 g/mol. The molecule has 7 heteroatoms. The quantitative estimate of drug-likeness (QED) is 0.938. The van der Waals surface area contributed by atoms with Crippen molar-refractivity contribution in [1.82, 2.24) is 15.1 Å². The van der Waals surface area contributed by atoms with Gasteiger partial charge in [0.15, 0.2) is 0 Å². The third kappa shape index (κ3) is 3.08. The number of hydrogen-bond donors (Lipinski definition) is 1. The van der Waals surface area contributed by atoms with E-state index < -0.39 is 13.0 Å². The number of carbonyl (C=O) groups excluding carboxylic acids is 1. The summed E-state index contributed by atoms with van der Waals surface area (Å²) in [7, 11) is 0. The summed E-state index contributed by atoms with van der Waals surface area (Å²) < 4.78 is 26.0. The van der Waals surface area contributed by atoms with Gasteiger partial charge in [-0.25, -0.2) is 8.78 Å². The summed E-state index contributed by atoms with van der Waals surface area (Å²) in [6, 6.07) is 7.38. The van der Waals surface area contributed by atoms with Crippen molar-refractivity contribution >= 4 is 11.6 Å². The third-order valence-corrected chi connectivity index (χ3v) is 3.54. The highest BCUT2D eigenvalue weighted by Gasteiger charge is 2.20. The second-order valence-corrected chi connectivity index (χ2v) is 5.16. The van der Waals surface area contributed by atoms with Gasteiger partial charge < -0.3 is 10.2 Å². The Morgan fingerprint density at radius 3 is 2.95 bits per heavy atom. The molecule has 1 aliphatic rings. The van der Waals surface area contributed by atoms with E-state index in [0.29, 0.717) is 25.2 Å². The number of halogens is 2. The van der Waals surface area contributed by atoms with Crippen LogP contribution in [0, 0.1) is 0 Å². The maximum atomic E-state index is 12.4. The van der Waals surface area contributed by atoms with Gasteiger partial charge in [-0.3, -0.25) is 9.48 Å². The number of anilines is 1. The summed E-state index contributed by atoms with van der Waals surface area (Å²) in [6.07, 6.45) is 0.786. The van der Waals surface area contributed by atoms with Gasteiger partial charge in [-0.1, -0.05) is 12.1 Å². The Morgan fingerprint density at radius 2 is 2.14 bits per heavy atom. The van der Waals surface area contributed by atoms with Crippen LogP contribution in [0.5, 0.6) is 0 Å². The molecule has 1 aromatic carbocycles. The maximum Gasteiger partial charge on any atom is 0.257 e. The second kappa shape index (κ2) is 6.13. The lowest BCUT2D eigenvalue weighted by Gasteiger charge is -2.23. The molecule has 0 saturated heterocycles. The van der Waals surface area contributed by atoms with E-state index in [2.05, 4.69) is 15.3 Å². The van der Waals surface area contributed by atoms with E-state index in [1.165, 1.54) is 4.68 Å². The first-order valence-electron chi connectivity index (χ1n) is 7.05. The fourth-order valence-corrected chi connectivity index (χ4v) is 2.58. The predicted molar refractivity (Wildman–Crippen MR) is 78.1 cm³/mol. The molecule has 0 aliphatic carbocycles. The molecule has 1 amide bonds. The van der Waals surface area contributed by atoms with Crippen LogP contribution in [0.4, 0.5) is 14.5 Å². The molecule has 5 nitrogen and oxygen atoms in total. The topological polar surface area (TPSA) is 50.2 Å². The number of carbonyl (C=O) groups is 1. The molecule has 0 fully saturated rings. The van der Waals surface area contributed by atoms with Crippen molar-refractivity contribution in [2.45, 2.75) is 19.5 Å². The summed E-state index contributed by atoms with van der Waals surface area (Å²) in [5.41, 5.74) is 2.31. The lowest BCUT2D eigenvalue weighted by atomic mass is 10.1. The number of aromatic nitrogens is 2. The van der Waals surface area contributed by atoms with Crippen molar-refractivity contribution in [3.8, 4) is 0 Å². The Morgan fingerprint density at radius 1 is 1.32 bits per heavy atom. The molecule has 0 atom stereocenters. The highest BCUT2D eigenvalue weighted by atomic mass is 19.3. The zero-order valence-corrected chi connectivity index (χ0v) is 11.9. The number of nitrogens with one attached hydrogen (secondary N) is 1. The lowest BCUT2D eigenvalue weighted by molar-refractivity contribution is 0.0958. The average Bonchev–Trinajstić information content (AvgIpc) is 2.85. The fraction of sp³-hybridized carbons (Fsp3) is 0.333. The van der Waals surface area contributed by atoms with E-state index in [9.17, 15) is 13.6 Å². The molecule has 3 rings (SSSR count). The van der Waals surface area contributed by atoms with E-state index >= 15 is 0 Å². The van der Waals surface area contributed by atoms with E-state index in [4.69, 9.17) is 0 Å². The van der Waals surface area contributed by atoms with Crippen LogP contribution in [0.3, 0.4) is 0 Å². The van der Waals surface area contributed by atoms with Crippen molar-refractivity contribution < 1.29 is 13.6 Å². The number of para-hydroxylation sites is 1. The smallest absolute Gasteiger partial charge is 0.257 e. The number of fused-ring (bicyclic) bond motifs is 1. The van der Waals surface area contributed by atoms with Crippen molar-refractivity contribution in [3.63, 3.8) is 0 Å². The normalized spacial score (nSPS) is 14.7. The van der Waals surface area contributed by atoms with Crippen LogP contribution >= 0.6 is 0 Å². The van der Waals surface area contributed by atoms with Gasteiger partial charge >= 0.3 is 0 Å².